The van der Waals surface area contributed by atoms with Crippen LogP contribution in [0.3, 0.4) is 0 Å². The minimum absolute atomic E-state index is 0.198. The van der Waals surface area contributed by atoms with Crippen LogP contribution in [0.15, 0.2) is 17.1 Å². The Hall–Kier alpha value is -0.960. The Bertz CT molecular complexity index is 447. The fourth-order valence-electron chi connectivity index (χ4n) is 2.00. The second kappa shape index (κ2) is 6.47. The molecule has 0 aliphatic rings. The number of hydrogen-bond acceptors (Lipinski definition) is 2. The Morgan fingerprint density at radius 2 is 1.74 bits per heavy atom. The number of hydrogen-bond donors (Lipinski definition) is 1. The van der Waals surface area contributed by atoms with Crippen LogP contribution in [0, 0.1) is 13.8 Å². The largest absolute Gasteiger partial charge is 0.379 e. The molecule has 0 saturated heterocycles. The normalized spacial score (nSPS) is 12.8. The van der Waals surface area contributed by atoms with Gasteiger partial charge in [0, 0.05) is 12.3 Å². The lowest BCUT2D eigenvalue weighted by Crippen LogP contribution is -2.13. The van der Waals surface area contributed by atoms with E-state index in [0.717, 1.165) is 12.3 Å². The number of thioether (sulfide) groups is 1. The van der Waals surface area contributed by atoms with Crippen LogP contribution in [0.1, 0.15) is 49.9 Å². The van der Waals surface area contributed by atoms with E-state index in [0.29, 0.717) is 5.17 Å². The minimum Gasteiger partial charge on any atom is -0.379 e. The van der Waals surface area contributed by atoms with Crippen molar-refractivity contribution in [2.75, 3.05) is 6.54 Å². The van der Waals surface area contributed by atoms with E-state index in [2.05, 4.69) is 51.7 Å². The summed E-state index contributed by atoms with van der Waals surface area (Å²) in [5.74, 6) is 0.900. The van der Waals surface area contributed by atoms with Gasteiger partial charge in [0.1, 0.15) is 0 Å². The Morgan fingerprint density at radius 1 is 1.21 bits per heavy atom. The van der Waals surface area contributed by atoms with Crippen molar-refractivity contribution in [1.82, 2.24) is 0 Å². The Kier molecular flexibility index (Phi) is 5.48. The van der Waals surface area contributed by atoms with Crippen molar-refractivity contribution in [1.29, 1.82) is 0 Å². The van der Waals surface area contributed by atoms with Crippen LogP contribution in [-0.4, -0.2) is 11.7 Å². The summed E-state index contributed by atoms with van der Waals surface area (Å²) in [7, 11) is 0. The highest BCUT2D eigenvalue weighted by Gasteiger charge is 2.16. The van der Waals surface area contributed by atoms with Crippen LogP contribution in [-0.2, 0) is 11.2 Å². The van der Waals surface area contributed by atoms with Crippen molar-refractivity contribution < 1.29 is 0 Å². The van der Waals surface area contributed by atoms with Gasteiger partial charge in [0.15, 0.2) is 5.17 Å². The van der Waals surface area contributed by atoms with Crippen molar-refractivity contribution in [3.63, 3.8) is 0 Å². The summed E-state index contributed by atoms with van der Waals surface area (Å²) in [5.41, 5.74) is 11.5. The van der Waals surface area contributed by atoms with Crippen LogP contribution >= 0.6 is 11.8 Å². The molecule has 1 aromatic rings. The van der Waals surface area contributed by atoms with Gasteiger partial charge < -0.3 is 5.73 Å². The molecule has 0 aliphatic heterocycles. The molecule has 0 unspecified atom stereocenters. The van der Waals surface area contributed by atoms with Gasteiger partial charge in [0.05, 0.1) is 0 Å². The standard InChI is InChI=1S/C16H26N2S/c1-7-18-15(17)19-10-14-11(2)8-13(9-12(14)3)16(4,5)6/h8-9H,7,10H2,1-6H3,(H2,17,18). The lowest BCUT2D eigenvalue weighted by Gasteiger charge is -2.22. The second-order valence-corrected chi connectivity index (χ2v) is 6.94. The third-order valence-corrected chi connectivity index (χ3v) is 4.10. The number of aliphatic imine (C=N–C) groups is 1. The van der Waals surface area contributed by atoms with Crippen molar-refractivity contribution in [2.24, 2.45) is 10.7 Å². The summed E-state index contributed by atoms with van der Waals surface area (Å²) in [4.78, 5) is 4.21. The smallest absolute Gasteiger partial charge is 0.154 e. The maximum absolute atomic E-state index is 5.84. The average molecular weight is 278 g/mol. The van der Waals surface area contributed by atoms with Gasteiger partial charge in [-0.3, -0.25) is 4.99 Å². The number of aryl methyl sites for hydroxylation is 2. The van der Waals surface area contributed by atoms with Gasteiger partial charge in [0.2, 0.25) is 0 Å². The summed E-state index contributed by atoms with van der Waals surface area (Å²) in [6.07, 6.45) is 0. The first kappa shape index (κ1) is 16.1. The molecule has 3 heteroatoms. The van der Waals surface area contributed by atoms with Gasteiger partial charge in [-0.15, -0.1) is 0 Å². The SMILES string of the molecule is CCN=C(N)SCc1c(C)cc(C(C)(C)C)cc1C. The molecular weight excluding hydrogens is 252 g/mol. The molecule has 0 aliphatic carbocycles. The first-order chi connectivity index (χ1) is 8.75. The van der Waals surface area contributed by atoms with Gasteiger partial charge in [0.25, 0.3) is 0 Å². The minimum atomic E-state index is 0.198. The van der Waals surface area contributed by atoms with Crippen LogP contribution in [0.25, 0.3) is 0 Å². The lowest BCUT2D eigenvalue weighted by molar-refractivity contribution is 0.589. The highest BCUT2D eigenvalue weighted by Crippen LogP contribution is 2.28. The number of benzene rings is 1. The fourth-order valence-corrected chi connectivity index (χ4v) is 2.97. The third-order valence-electron chi connectivity index (χ3n) is 3.24. The first-order valence-corrected chi connectivity index (χ1v) is 7.77. The molecule has 106 valence electrons. The maximum Gasteiger partial charge on any atom is 0.154 e. The lowest BCUT2D eigenvalue weighted by atomic mass is 9.84. The summed E-state index contributed by atoms with van der Waals surface area (Å²) >= 11 is 1.62. The number of nitrogens with zero attached hydrogens (tertiary/aromatic N) is 1. The predicted molar refractivity (Wildman–Crippen MR) is 88.1 cm³/mol. The summed E-state index contributed by atoms with van der Waals surface area (Å²) < 4.78 is 0. The summed E-state index contributed by atoms with van der Waals surface area (Å²) in [6.45, 7) is 13.9. The molecule has 1 rings (SSSR count). The van der Waals surface area contributed by atoms with Crippen LogP contribution < -0.4 is 5.73 Å². The highest BCUT2D eigenvalue weighted by atomic mass is 32.2. The Balaban J connectivity index is 2.95. The van der Waals surface area contributed by atoms with Gasteiger partial charge in [-0.05, 0) is 48.4 Å². The van der Waals surface area contributed by atoms with Crippen molar-refractivity contribution in [3.05, 3.63) is 34.4 Å². The fraction of sp³-hybridized carbons (Fsp3) is 0.562. The molecule has 0 saturated carbocycles. The zero-order valence-electron chi connectivity index (χ0n) is 13.0. The van der Waals surface area contributed by atoms with Gasteiger partial charge in [-0.1, -0.05) is 44.7 Å². The van der Waals surface area contributed by atoms with E-state index in [1.165, 1.54) is 22.3 Å². The number of nitrogens with two attached hydrogens (primary N) is 1. The van der Waals surface area contributed by atoms with E-state index < -0.39 is 0 Å². The van der Waals surface area contributed by atoms with Gasteiger partial charge >= 0.3 is 0 Å². The van der Waals surface area contributed by atoms with E-state index in [9.17, 15) is 0 Å². The van der Waals surface area contributed by atoms with Crippen molar-refractivity contribution in [3.8, 4) is 0 Å². The Labute approximate surface area is 121 Å². The number of rotatable bonds is 3. The highest BCUT2D eigenvalue weighted by molar-refractivity contribution is 8.13. The molecule has 2 N–H and O–H groups in total. The quantitative estimate of drug-likeness (QED) is 0.665. The molecule has 0 amide bonds. The number of amidine groups is 1. The molecule has 1 aromatic carbocycles. The Morgan fingerprint density at radius 3 is 2.16 bits per heavy atom. The predicted octanol–water partition coefficient (Wildman–Crippen LogP) is 4.17. The van der Waals surface area contributed by atoms with E-state index in [-0.39, 0.29) is 5.41 Å². The molecule has 0 aromatic heterocycles. The molecule has 19 heavy (non-hydrogen) atoms. The summed E-state index contributed by atoms with van der Waals surface area (Å²) in [6, 6.07) is 4.60. The first-order valence-electron chi connectivity index (χ1n) is 6.79. The molecule has 0 bridgehead atoms. The molecule has 0 heterocycles. The van der Waals surface area contributed by atoms with Crippen LogP contribution in [0.4, 0.5) is 0 Å². The summed E-state index contributed by atoms with van der Waals surface area (Å²) in [5, 5.41) is 0.682. The van der Waals surface area contributed by atoms with Crippen molar-refractivity contribution in [2.45, 2.75) is 52.7 Å². The molecule has 0 atom stereocenters. The molecule has 0 radical (unpaired) electrons. The van der Waals surface area contributed by atoms with Gasteiger partial charge in [-0.25, -0.2) is 0 Å². The van der Waals surface area contributed by atoms with E-state index in [1.807, 2.05) is 6.92 Å². The average Bonchev–Trinajstić information content (AvgIpc) is 2.26. The van der Waals surface area contributed by atoms with E-state index in [4.69, 9.17) is 5.73 Å². The zero-order chi connectivity index (χ0) is 14.6. The molecular formula is C16H26N2S. The third kappa shape index (κ3) is 4.57. The van der Waals surface area contributed by atoms with E-state index >= 15 is 0 Å². The van der Waals surface area contributed by atoms with Crippen molar-refractivity contribution >= 4 is 16.9 Å². The van der Waals surface area contributed by atoms with E-state index in [1.54, 1.807) is 11.8 Å². The maximum atomic E-state index is 5.84. The monoisotopic (exact) mass is 278 g/mol. The van der Waals surface area contributed by atoms with Crippen LogP contribution in [0.2, 0.25) is 0 Å². The zero-order valence-corrected chi connectivity index (χ0v) is 13.8. The molecule has 2 nitrogen and oxygen atoms in total. The van der Waals surface area contributed by atoms with Crippen LogP contribution in [0.5, 0.6) is 0 Å². The topological polar surface area (TPSA) is 38.4 Å². The van der Waals surface area contributed by atoms with Gasteiger partial charge in [-0.2, -0.15) is 0 Å². The second-order valence-electron chi connectivity index (χ2n) is 5.94. The molecule has 0 fully saturated rings. The molecule has 0 spiro atoms.